The van der Waals surface area contributed by atoms with Crippen molar-refractivity contribution in [2.45, 2.75) is 57.2 Å². The number of carbonyl (C=O) groups excluding carboxylic acids is 3. The molecule has 0 bridgehead atoms. The van der Waals surface area contributed by atoms with E-state index in [4.69, 9.17) is 11.1 Å². The summed E-state index contributed by atoms with van der Waals surface area (Å²) in [6.07, 6.45) is -3.34. The molecule has 0 aromatic heterocycles. The minimum absolute atomic E-state index is 0.0388. The number of carbonyl (C=O) groups is 3. The fraction of sp³-hybridized carbons (Fsp3) is 0.429. The minimum atomic E-state index is -5.16. The summed E-state index contributed by atoms with van der Waals surface area (Å²) in [5, 5.41) is 11.2. The maximum absolute atomic E-state index is 13.9. The van der Waals surface area contributed by atoms with Crippen LogP contribution in [0, 0.1) is 5.41 Å². The SMILES string of the molecule is CC(=N)N(C(=O)CN)[C@](CCCNOC(=O)C(F)(F)F)(CCc1ccccc1)C(=O)NCCCc1ccccc1. The lowest BCUT2D eigenvalue weighted by molar-refractivity contribution is -0.206. The van der Waals surface area contributed by atoms with Gasteiger partial charge in [0.1, 0.15) is 11.4 Å². The molecule has 12 heteroatoms. The second-order valence-corrected chi connectivity index (χ2v) is 9.27. The lowest BCUT2D eigenvalue weighted by Crippen LogP contribution is -2.63. The number of hydrogen-bond acceptors (Lipinski definition) is 7. The molecule has 0 saturated carbocycles. The third-order valence-electron chi connectivity index (χ3n) is 6.32. The molecule has 0 aliphatic heterocycles. The van der Waals surface area contributed by atoms with Crippen LogP contribution in [0.1, 0.15) is 43.7 Å². The molecule has 2 aromatic carbocycles. The Morgan fingerprint density at radius 1 is 0.900 bits per heavy atom. The van der Waals surface area contributed by atoms with E-state index in [-0.39, 0.29) is 31.6 Å². The molecule has 0 radical (unpaired) electrons. The fourth-order valence-corrected chi connectivity index (χ4v) is 4.44. The van der Waals surface area contributed by atoms with E-state index in [0.29, 0.717) is 25.8 Å². The topological polar surface area (TPSA) is 138 Å². The highest BCUT2D eigenvalue weighted by Gasteiger charge is 2.46. The number of halogens is 3. The van der Waals surface area contributed by atoms with Crippen LogP contribution in [0.2, 0.25) is 0 Å². The number of hydrogen-bond donors (Lipinski definition) is 4. The van der Waals surface area contributed by atoms with Gasteiger partial charge in [0.2, 0.25) is 11.8 Å². The van der Waals surface area contributed by atoms with Crippen LogP contribution in [-0.4, -0.2) is 59.9 Å². The molecule has 2 rings (SSSR count). The van der Waals surface area contributed by atoms with Crippen molar-refractivity contribution in [1.29, 1.82) is 5.41 Å². The summed E-state index contributed by atoms with van der Waals surface area (Å²) in [7, 11) is 0. The maximum atomic E-state index is 13.9. The zero-order chi connectivity index (χ0) is 29.6. The summed E-state index contributed by atoms with van der Waals surface area (Å²) in [5.74, 6) is -3.73. The normalized spacial score (nSPS) is 12.7. The van der Waals surface area contributed by atoms with E-state index in [9.17, 15) is 27.6 Å². The van der Waals surface area contributed by atoms with Gasteiger partial charge in [-0.25, -0.2) is 4.79 Å². The summed E-state index contributed by atoms with van der Waals surface area (Å²) in [4.78, 5) is 43.0. The van der Waals surface area contributed by atoms with Gasteiger partial charge < -0.3 is 15.9 Å². The fourth-order valence-electron chi connectivity index (χ4n) is 4.44. The van der Waals surface area contributed by atoms with Gasteiger partial charge in [0, 0.05) is 13.1 Å². The monoisotopic (exact) mass is 563 g/mol. The summed E-state index contributed by atoms with van der Waals surface area (Å²) < 4.78 is 37.3. The average Bonchev–Trinajstić information content (AvgIpc) is 2.93. The van der Waals surface area contributed by atoms with Gasteiger partial charge in [-0.1, -0.05) is 60.7 Å². The molecule has 1 atom stereocenters. The van der Waals surface area contributed by atoms with Crippen molar-refractivity contribution >= 4 is 23.6 Å². The first-order valence-corrected chi connectivity index (χ1v) is 13.0. The third kappa shape index (κ3) is 9.76. The maximum Gasteiger partial charge on any atom is 0.492 e. The highest BCUT2D eigenvalue weighted by atomic mass is 19.4. The van der Waals surface area contributed by atoms with Crippen LogP contribution in [0.15, 0.2) is 60.7 Å². The first kappa shape index (κ1) is 32.4. The number of alkyl halides is 3. The molecule has 0 aliphatic rings. The molecule has 9 nitrogen and oxygen atoms in total. The molecule has 0 saturated heterocycles. The van der Waals surface area contributed by atoms with E-state index >= 15 is 0 Å². The van der Waals surface area contributed by atoms with Crippen molar-refractivity contribution in [3.05, 3.63) is 71.8 Å². The molecule has 0 heterocycles. The van der Waals surface area contributed by atoms with Crippen molar-refractivity contribution < 1.29 is 32.4 Å². The van der Waals surface area contributed by atoms with E-state index in [0.717, 1.165) is 16.0 Å². The van der Waals surface area contributed by atoms with Gasteiger partial charge in [0.15, 0.2) is 0 Å². The molecular formula is C28H36F3N5O4. The first-order chi connectivity index (χ1) is 19.0. The highest BCUT2D eigenvalue weighted by Crippen LogP contribution is 2.29. The minimum Gasteiger partial charge on any atom is -0.364 e. The molecule has 2 aromatic rings. The van der Waals surface area contributed by atoms with Crippen LogP contribution in [0.4, 0.5) is 13.2 Å². The molecule has 218 valence electrons. The van der Waals surface area contributed by atoms with E-state index in [2.05, 4.69) is 10.2 Å². The molecule has 5 N–H and O–H groups in total. The number of nitrogens with two attached hydrogens (primary N) is 1. The molecule has 2 amide bonds. The number of benzene rings is 2. The molecule has 0 aliphatic carbocycles. The predicted octanol–water partition coefficient (Wildman–Crippen LogP) is 3.28. The molecule has 0 spiro atoms. The van der Waals surface area contributed by atoms with Gasteiger partial charge >= 0.3 is 12.1 Å². The first-order valence-electron chi connectivity index (χ1n) is 13.0. The number of nitrogens with zero attached hydrogens (tertiary/aromatic N) is 1. The average molecular weight is 564 g/mol. The number of rotatable bonds is 15. The van der Waals surface area contributed by atoms with Crippen molar-refractivity contribution in [2.24, 2.45) is 5.73 Å². The van der Waals surface area contributed by atoms with Crippen LogP contribution < -0.4 is 16.5 Å². The van der Waals surface area contributed by atoms with Gasteiger partial charge in [-0.05, 0) is 56.6 Å². The van der Waals surface area contributed by atoms with E-state index < -0.39 is 36.0 Å². The number of amidine groups is 1. The number of hydroxylamine groups is 1. The Balaban J connectivity index is 2.27. The zero-order valence-corrected chi connectivity index (χ0v) is 22.4. The van der Waals surface area contributed by atoms with Crippen LogP contribution in [-0.2, 0) is 32.1 Å². The Labute approximate surface area is 231 Å². The quantitative estimate of drug-likeness (QED) is 0.114. The number of nitrogens with one attached hydrogen (secondary N) is 3. The third-order valence-corrected chi connectivity index (χ3v) is 6.32. The predicted molar refractivity (Wildman–Crippen MR) is 144 cm³/mol. The number of amides is 2. The van der Waals surface area contributed by atoms with Gasteiger partial charge in [0.25, 0.3) is 0 Å². The van der Waals surface area contributed by atoms with Crippen LogP contribution in [0.5, 0.6) is 0 Å². The standard InChI is InChI=1S/C28H36F3N5O4/c1-21(33)36(24(37)20-32)27(17-15-23-12-6-3-7-13-23,16-9-19-35-40-26(39)28(29,30)31)25(38)34-18-8-14-22-10-4-2-5-11-22/h2-7,10-13,33,35H,8-9,14-20,32H2,1H3,(H,34,38)/t27-/m1/s1. The second-order valence-electron chi connectivity index (χ2n) is 9.27. The Kier molecular flexibility index (Phi) is 12.8. The molecular weight excluding hydrogens is 527 g/mol. The van der Waals surface area contributed by atoms with Crippen molar-refractivity contribution in [3.8, 4) is 0 Å². The van der Waals surface area contributed by atoms with Crippen LogP contribution >= 0.6 is 0 Å². The molecule has 0 unspecified atom stereocenters. The molecule has 0 fully saturated rings. The van der Waals surface area contributed by atoms with E-state index in [1.54, 1.807) is 0 Å². The highest BCUT2D eigenvalue weighted by molar-refractivity contribution is 6.03. The summed E-state index contributed by atoms with van der Waals surface area (Å²) >= 11 is 0. The van der Waals surface area contributed by atoms with E-state index in [1.165, 1.54) is 6.92 Å². The lowest BCUT2D eigenvalue weighted by atomic mass is 9.83. The van der Waals surface area contributed by atoms with Crippen LogP contribution in [0.3, 0.4) is 0 Å². The summed E-state index contributed by atoms with van der Waals surface area (Å²) in [6, 6.07) is 19.0. The summed E-state index contributed by atoms with van der Waals surface area (Å²) in [6.45, 7) is 0.991. The lowest BCUT2D eigenvalue weighted by Gasteiger charge is -2.42. The Bertz CT molecular complexity index is 1120. The van der Waals surface area contributed by atoms with E-state index in [1.807, 2.05) is 66.1 Å². The number of aryl methyl sites for hydroxylation is 2. The van der Waals surface area contributed by atoms with Crippen molar-refractivity contribution in [3.63, 3.8) is 0 Å². The van der Waals surface area contributed by atoms with Gasteiger partial charge in [-0.2, -0.15) is 18.7 Å². The Morgan fingerprint density at radius 3 is 2.00 bits per heavy atom. The second kappa shape index (κ2) is 15.7. The smallest absolute Gasteiger partial charge is 0.364 e. The zero-order valence-electron chi connectivity index (χ0n) is 22.4. The van der Waals surface area contributed by atoms with Crippen molar-refractivity contribution in [1.82, 2.24) is 15.7 Å². The molecule has 40 heavy (non-hydrogen) atoms. The van der Waals surface area contributed by atoms with Crippen molar-refractivity contribution in [2.75, 3.05) is 19.6 Å². The largest absolute Gasteiger partial charge is 0.492 e. The van der Waals surface area contributed by atoms with Gasteiger partial charge in [0.05, 0.1) is 6.54 Å². The van der Waals surface area contributed by atoms with Crippen LogP contribution in [0.25, 0.3) is 0 Å². The summed E-state index contributed by atoms with van der Waals surface area (Å²) in [5.41, 5.74) is 8.05. The Hall–Kier alpha value is -3.77. The van der Waals surface area contributed by atoms with Gasteiger partial charge in [-0.15, -0.1) is 0 Å². The van der Waals surface area contributed by atoms with Gasteiger partial charge in [-0.3, -0.25) is 19.9 Å². The Morgan fingerprint density at radius 2 is 1.48 bits per heavy atom.